The molecule has 2 saturated carbocycles. The zero-order valence-corrected chi connectivity index (χ0v) is 15.1. The van der Waals surface area contributed by atoms with Gasteiger partial charge in [0.15, 0.2) is 0 Å². The summed E-state index contributed by atoms with van der Waals surface area (Å²) in [6.07, 6.45) is 3.59. The number of cyclic esters (lactones) is 1. The quantitative estimate of drug-likeness (QED) is 0.411. The van der Waals surface area contributed by atoms with E-state index in [-0.39, 0.29) is 25.0 Å². The van der Waals surface area contributed by atoms with Gasteiger partial charge in [0.2, 0.25) is 0 Å². The molecule has 0 aromatic heterocycles. The van der Waals surface area contributed by atoms with Crippen LogP contribution in [0.2, 0.25) is 0 Å². The maximum absolute atomic E-state index is 11.7. The Morgan fingerprint density at radius 2 is 2.12 bits per heavy atom. The summed E-state index contributed by atoms with van der Waals surface area (Å²) < 4.78 is 4.89. The first-order chi connectivity index (χ1) is 11.8. The van der Waals surface area contributed by atoms with E-state index in [4.69, 9.17) is 4.74 Å². The van der Waals surface area contributed by atoms with Crippen LogP contribution in [-0.2, 0) is 9.53 Å². The van der Waals surface area contributed by atoms with Gasteiger partial charge in [0.05, 0.1) is 18.3 Å². The molecule has 1 aliphatic heterocycles. The van der Waals surface area contributed by atoms with Crippen LogP contribution in [0.1, 0.15) is 39.5 Å². The molecule has 3 N–H and O–H groups in total. The fourth-order valence-electron chi connectivity index (χ4n) is 5.34. The molecule has 0 aromatic rings. The Hall–Kier alpha value is -1.17. The van der Waals surface area contributed by atoms with Crippen LogP contribution in [0, 0.1) is 29.1 Å². The van der Waals surface area contributed by atoms with Gasteiger partial charge in [0.1, 0.15) is 12.7 Å². The molecule has 3 fully saturated rings. The van der Waals surface area contributed by atoms with Gasteiger partial charge in [-0.3, -0.25) is 0 Å². The lowest BCUT2D eigenvalue weighted by molar-refractivity contribution is -0.135. The molecule has 0 bridgehead atoms. The SMILES string of the molecule is C=C1CCC2C([C@@H]1CC=C1C(=O)OCC1O)[C@@H](C)CC(O)C2(C)CO. The topological polar surface area (TPSA) is 87.0 Å². The number of carbonyl (C=O) groups excluding carboxylic acids is 1. The number of allylic oxidation sites excluding steroid dienone is 2. The third-order valence-corrected chi connectivity index (χ3v) is 6.99. The van der Waals surface area contributed by atoms with E-state index in [9.17, 15) is 20.1 Å². The van der Waals surface area contributed by atoms with E-state index in [0.717, 1.165) is 12.8 Å². The third kappa shape index (κ3) is 3.07. The van der Waals surface area contributed by atoms with E-state index < -0.39 is 23.6 Å². The van der Waals surface area contributed by atoms with Crippen LogP contribution in [0.4, 0.5) is 0 Å². The highest BCUT2D eigenvalue weighted by atomic mass is 16.6. The number of esters is 1. The van der Waals surface area contributed by atoms with Crippen molar-refractivity contribution in [2.45, 2.75) is 51.7 Å². The van der Waals surface area contributed by atoms with Gasteiger partial charge < -0.3 is 20.1 Å². The van der Waals surface area contributed by atoms with E-state index in [0.29, 0.717) is 30.3 Å². The molecule has 2 aliphatic carbocycles. The average molecular weight is 350 g/mol. The van der Waals surface area contributed by atoms with Crippen LogP contribution < -0.4 is 0 Å². The molecule has 1 heterocycles. The smallest absolute Gasteiger partial charge is 0.336 e. The van der Waals surface area contributed by atoms with E-state index in [1.165, 1.54) is 5.57 Å². The molecule has 5 nitrogen and oxygen atoms in total. The van der Waals surface area contributed by atoms with Crippen molar-refractivity contribution >= 4 is 5.97 Å². The van der Waals surface area contributed by atoms with Crippen LogP contribution in [0.3, 0.4) is 0 Å². The molecule has 0 amide bonds. The molecule has 1 saturated heterocycles. The fraction of sp³-hybridized carbons (Fsp3) is 0.750. The molecule has 0 spiro atoms. The van der Waals surface area contributed by atoms with Gasteiger partial charge in [-0.1, -0.05) is 32.1 Å². The largest absolute Gasteiger partial charge is 0.459 e. The van der Waals surface area contributed by atoms with Gasteiger partial charge >= 0.3 is 5.97 Å². The van der Waals surface area contributed by atoms with Crippen LogP contribution in [0.15, 0.2) is 23.8 Å². The average Bonchev–Trinajstić information content (AvgIpc) is 2.90. The first-order valence-electron chi connectivity index (χ1n) is 9.31. The second kappa shape index (κ2) is 6.86. The number of ether oxygens (including phenoxy) is 1. The van der Waals surface area contributed by atoms with Gasteiger partial charge in [-0.2, -0.15) is 0 Å². The summed E-state index contributed by atoms with van der Waals surface area (Å²) in [4.78, 5) is 11.7. The summed E-state index contributed by atoms with van der Waals surface area (Å²) in [5, 5.41) is 30.4. The number of rotatable bonds is 3. The number of aliphatic hydroxyl groups excluding tert-OH is 3. The predicted molar refractivity (Wildman–Crippen MR) is 93.5 cm³/mol. The minimum Gasteiger partial charge on any atom is -0.459 e. The number of carbonyl (C=O) groups is 1. The van der Waals surface area contributed by atoms with Crippen molar-refractivity contribution in [3.05, 3.63) is 23.8 Å². The lowest BCUT2D eigenvalue weighted by Crippen LogP contribution is -2.55. The second-order valence-electron chi connectivity index (χ2n) is 8.39. The standard InChI is InChI=1S/C20H30O5/c1-11-4-7-15-18(12(2)8-17(23)20(15,3)10-21)13(11)5-6-14-16(22)9-25-19(14)24/h6,12-13,15-18,21-23H,1,4-5,7-10H2,2-3H3/t12-,13+,15?,16?,17?,18?,20?/m0/s1. The first-order valence-corrected chi connectivity index (χ1v) is 9.31. The summed E-state index contributed by atoms with van der Waals surface area (Å²) in [5.74, 6) is 0.623. The minimum atomic E-state index is -0.839. The van der Waals surface area contributed by atoms with Gasteiger partial charge in [0.25, 0.3) is 0 Å². The van der Waals surface area contributed by atoms with Crippen molar-refractivity contribution in [1.82, 2.24) is 0 Å². The normalized spacial score (nSPS) is 46.2. The van der Waals surface area contributed by atoms with Crippen molar-refractivity contribution in [2.24, 2.45) is 29.1 Å². The van der Waals surface area contributed by atoms with Crippen LogP contribution in [0.25, 0.3) is 0 Å². The highest BCUT2D eigenvalue weighted by molar-refractivity contribution is 5.91. The molecule has 25 heavy (non-hydrogen) atoms. The van der Waals surface area contributed by atoms with Crippen LogP contribution >= 0.6 is 0 Å². The molecular formula is C20H30O5. The highest BCUT2D eigenvalue weighted by Gasteiger charge is 2.53. The number of hydrogen-bond acceptors (Lipinski definition) is 5. The molecule has 0 radical (unpaired) electrons. The summed E-state index contributed by atoms with van der Waals surface area (Å²) in [5.41, 5.74) is 1.03. The molecule has 7 atom stereocenters. The summed E-state index contributed by atoms with van der Waals surface area (Å²) in [6, 6.07) is 0. The van der Waals surface area contributed by atoms with E-state index in [1.54, 1.807) is 0 Å². The Balaban J connectivity index is 1.86. The molecule has 5 heteroatoms. The molecule has 140 valence electrons. The Bertz CT molecular complexity index is 583. The van der Waals surface area contributed by atoms with E-state index in [2.05, 4.69) is 13.5 Å². The molecule has 3 rings (SSSR count). The van der Waals surface area contributed by atoms with E-state index in [1.807, 2.05) is 13.0 Å². The molecule has 5 unspecified atom stereocenters. The Morgan fingerprint density at radius 3 is 2.72 bits per heavy atom. The van der Waals surface area contributed by atoms with Crippen molar-refractivity contribution in [2.75, 3.05) is 13.2 Å². The molecular weight excluding hydrogens is 320 g/mol. The number of hydrogen-bond donors (Lipinski definition) is 3. The molecule has 0 aromatic carbocycles. The number of fused-ring (bicyclic) bond motifs is 1. The van der Waals surface area contributed by atoms with Crippen molar-refractivity contribution < 1.29 is 24.9 Å². The Kier molecular flexibility index (Phi) is 5.11. The second-order valence-corrected chi connectivity index (χ2v) is 8.39. The van der Waals surface area contributed by atoms with Gasteiger partial charge in [-0.05, 0) is 49.4 Å². The monoisotopic (exact) mass is 350 g/mol. The summed E-state index contributed by atoms with van der Waals surface area (Å²) in [6.45, 7) is 8.43. The van der Waals surface area contributed by atoms with Crippen LogP contribution in [-0.4, -0.2) is 46.7 Å². The lowest BCUT2D eigenvalue weighted by Gasteiger charge is -2.56. The van der Waals surface area contributed by atoms with Crippen molar-refractivity contribution in [3.8, 4) is 0 Å². The predicted octanol–water partition coefficient (Wildman–Crippen LogP) is 1.82. The minimum absolute atomic E-state index is 0.0205. The lowest BCUT2D eigenvalue weighted by atomic mass is 9.50. The Labute approximate surface area is 149 Å². The Morgan fingerprint density at radius 1 is 1.40 bits per heavy atom. The van der Waals surface area contributed by atoms with Gasteiger partial charge in [-0.15, -0.1) is 0 Å². The van der Waals surface area contributed by atoms with Gasteiger partial charge in [-0.25, -0.2) is 4.79 Å². The maximum Gasteiger partial charge on any atom is 0.336 e. The zero-order chi connectivity index (χ0) is 18.4. The fourth-order valence-corrected chi connectivity index (χ4v) is 5.34. The van der Waals surface area contributed by atoms with E-state index >= 15 is 0 Å². The third-order valence-electron chi connectivity index (χ3n) is 6.99. The zero-order valence-electron chi connectivity index (χ0n) is 15.1. The summed E-state index contributed by atoms with van der Waals surface area (Å²) >= 11 is 0. The maximum atomic E-state index is 11.7. The summed E-state index contributed by atoms with van der Waals surface area (Å²) in [7, 11) is 0. The van der Waals surface area contributed by atoms with Crippen LogP contribution in [0.5, 0.6) is 0 Å². The van der Waals surface area contributed by atoms with Crippen molar-refractivity contribution in [1.29, 1.82) is 0 Å². The van der Waals surface area contributed by atoms with Crippen molar-refractivity contribution in [3.63, 3.8) is 0 Å². The van der Waals surface area contributed by atoms with Gasteiger partial charge in [0, 0.05) is 5.41 Å². The highest BCUT2D eigenvalue weighted by Crippen LogP contribution is 2.56. The number of aliphatic hydroxyl groups is 3. The molecule has 3 aliphatic rings. The first kappa shape index (κ1) is 18.6.